The zero-order valence-corrected chi connectivity index (χ0v) is 11.8. The molecule has 1 aromatic carbocycles. The van der Waals surface area contributed by atoms with Crippen molar-refractivity contribution in [1.29, 1.82) is 0 Å². The van der Waals surface area contributed by atoms with Gasteiger partial charge in [0, 0.05) is 18.7 Å². The minimum Gasteiger partial charge on any atom is -0.466 e. The summed E-state index contributed by atoms with van der Waals surface area (Å²) in [5.41, 5.74) is 0.0819. The van der Waals surface area contributed by atoms with Crippen LogP contribution in [-0.4, -0.2) is 36.5 Å². The summed E-state index contributed by atoms with van der Waals surface area (Å²) in [6, 6.07) is 3.05. The van der Waals surface area contributed by atoms with Gasteiger partial charge in [-0.2, -0.15) is 0 Å². The summed E-state index contributed by atoms with van der Waals surface area (Å²) in [5.74, 6) is -3.12. The van der Waals surface area contributed by atoms with E-state index in [1.165, 1.54) is 11.0 Å². The Labute approximate surface area is 121 Å². The fraction of sp³-hybridized carbons (Fsp3) is 0.467. The van der Waals surface area contributed by atoms with Crippen molar-refractivity contribution >= 4 is 11.9 Å². The molecule has 21 heavy (non-hydrogen) atoms. The minimum absolute atomic E-state index is 0.0819. The maximum absolute atomic E-state index is 13.2. The summed E-state index contributed by atoms with van der Waals surface area (Å²) in [6.07, 6.45) is 1.35. The van der Waals surface area contributed by atoms with Crippen molar-refractivity contribution in [2.75, 3.05) is 19.7 Å². The van der Waals surface area contributed by atoms with Gasteiger partial charge in [0.15, 0.2) is 11.6 Å². The highest BCUT2D eigenvalue weighted by atomic mass is 19.2. The van der Waals surface area contributed by atoms with Crippen molar-refractivity contribution in [3.63, 3.8) is 0 Å². The number of hydrogen-bond acceptors (Lipinski definition) is 3. The van der Waals surface area contributed by atoms with Crippen LogP contribution in [0.25, 0.3) is 0 Å². The molecule has 1 aromatic rings. The number of hydrogen-bond donors (Lipinski definition) is 0. The number of likely N-dealkylation sites (tertiary alicyclic amines) is 1. The van der Waals surface area contributed by atoms with Gasteiger partial charge in [-0.3, -0.25) is 9.59 Å². The average molecular weight is 297 g/mol. The lowest BCUT2D eigenvalue weighted by Crippen LogP contribution is -2.42. The number of carbonyl (C=O) groups is 2. The quantitative estimate of drug-likeness (QED) is 0.805. The van der Waals surface area contributed by atoms with Gasteiger partial charge in [0.1, 0.15) is 0 Å². The number of benzene rings is 1. The summed E-state index contributed by atoms with van der Waals surface area (Å²) in [7, 11) is 0. The Morgan fingerprint density at radius 3 is 2.76 bits per heavy atom. The van der Waals surface area contributed by atoms with Gasteiger partial charge in [0.2, 0.25) is 0 Å². The summed E-state index contributed by atoms with van der Waals surface area (Å²) in [4.78, 5) is 25.5. The first-order chi connectivity index (χ1) is 10.0. The molecular weight excluding hydrogens is 280 g/mol. The Morgan fingerprint density at radius 2 is 2.10 bits per heavy atom. The third-order valence-corrected chi connectivity index (χ3v) is 3.50. The molecule has 1 heterocycles. The molecule has 0 saturated carbocycles. The molecule has 0 unspecified atom stereocenters. The molecule has 2 rings (SSSR count). The van der Waals surface area contributed by atoms with E-state index in [0.717, 1.165) is 12.1 Å². The van der Waals surface area contributed by atoms with Gasteiger partial charge in [0.25, 0.3) is 5.91 Å². The maximum Gasteiger partial charge on any atom is 0.310 e. The zero-order valence-electron chi connectivity index (χ0n) is 11.8. The van der Waals surface area contributed by atoms with Crippen LogP contribution in [0.15, 0.2) is 18.2 Å². The molecule has 0 bridgehead atoms. The van der Waals surface area contributed by atoms with E-state index in [2.05, 4.69) is 0 Å². The summed E-state index contributed by atoms with van der Waals surface area (Å²) in [6.45, 7) is 2.77. The van der Waals surface area contributed by atoms with Crippen molar-refractivity contribution < 1.29 is 23.1 Å². The second-order valence-corrected chi connectivity index (χ2v) is 4.97. The van der Waals surface area contributed by atoms with Crippen LogP contribution in [0.5, 0.6) is 0 Å². The predicted molar refractivity (Wildman–Crippen MR) is 71.6 cm³/mol. The van der Waals surface area contributed by atoms with E-state index < -0.39 is 17.5 Å². The Balaban J connectivity index is 2.08. The van der Waals surface area contributed by atoms with Crippen molar-refractivity contribution in [3.05, 3.63) is 35.4 Å². The van der Waals surface area contributed by atoms with Gasteiger partial charge in [-0.1, -0.05) is 0 Å². The Morgan fingerprint density at radius 1 is 1.33 bits per heavy atom. The van der Waals surface area contributed by atoms with Gasteiger partial charge in [-0.05, 0) is 38.0 Å². The first-order valence-electron chi connectivity index (χ1n) is 6.94. The van der Waals surface area contributed by atoms with Crippen LogP contribution in [0.2, 0.25) is 0 Å². The van der Waals surface area contributed by atoms with Crippen LogP contribution >= 0.6 is 0 Å². The van der Waals surface area contributed by atoms with Gasteiger partial charge < -0.3 is 9.64 Å². The van der Waals surface area contributed by atoms with Gasteiger partial charge in [-0.25, -0.2) is 8.78 Å². The molecule has 0 N–H and O–H groups in total. The van der Waals surface area contributed by atoms with E-state index in [-0.39, 0.29) is 24.0 Å². The average Bonchev–Trinajstić information content (AvgIpc) is 2.49. The number of nitrogens with zero attached hydrogens (tertiary/aromatic N) is 1. The number of piperidine rings is 1. The monoisotopic (exact) mass is 297 g/mol. The fourth-order valence-electron chi connectivity index (χ4n) is 2.43. The van der Waals surface area contributed by atoms with Crippen LogP contribution in [0.1, 0.15) is 30.1 Å². The summed E-state index contributed by atoms with van der Waals surface area (Å²) < 4.78 is 31.1. The molecule has 0 spiro atoms. The zero-order chi connectivity index (χ0) is 15.4. The molecule has 1 amide bonds. The molecule has 1 aliphatic rings. The van der Waals surface area contributed by atoms with Crippen molar-refractivity contribution in [2.45, 2.75) is 19.8 Å². The summed E-state index contributed by atoms with van der Waals surface area (Å²) in [5, 5.41) is 0. The second kappa shape index (κ2) is 6.65. The molecule has 114 valence electrons. The van der Waals surface area contributed by atoms with E-state index in [4.69, 9.17) is 4.74 Å². The number of rotatable bonds is 3. The van der Waals surface area contributed by atoms with E-state index >= 15 is 0 Å². The highest BCUT2D eigenvalue weighted by molar-refractivity contribution is 5.94. The number of ether oxygens (including phenoxy) is 1. The summed E-state index contributed by atoms with van der Waals surface area (Å²) >= 11 is 0. The lowest BCUT2D eigenvalue weighted by molar-refractivity contribution is -0.149. The first-order valence-corrected chi connectivity index (χ1v) is 6.94. The molecule has 0 radical (unpaired) electrons. The van der Waals surface area contributed by atoms with Crippen LogP contribution in [0.3, 0.4) is 0 Å². The molecule has 1 fully saturated rings. The molecular formula is C15H17F2NO3. The number of amides is 1. The lowest BCUT2D eigenvalue weighted by Gasteiger charge is -2.31. The smallest absolute Gasteiger partial charge is 0.310 e. The lowest BCUT2D eigenvalue weighted by atomic mass is 9.97. The highest BCUT2D eigenvalue weighted by Gasteiger charge is 2.30. The van der Waals surface area contributed by atoms with Crippen molar-refractivity contribution in [1.82, 2.24) is 4.90 Å². The number of carbonyl (C=O) groups excluding carboxylic acids is 2. The van der Waals surface area contributed by atoms with E-state index in [1.807, 2.05) is 0 Å². The largest absolute Gasteiger partial charge is 0.466 e. The van der Waals surface area contributed by atoms with Crippen molar-refractivity contribution in [3.8, 4) is 0 Å². The first kappa shape index (κ1) is 15.4. The van der Waals surface area contributed by atoms with Gasteiger partial charge in [-0.15, -0.1) is 0 Å². The predicted octanol–water partition coefficient (Wildman–Crippen LogP) is 2.38. The van der Waals surface area contributed by atoms with Gasteiger partial charge in [0.05, 0.1) is 12.5 Å². The minimum atomic E-state index is -1.06. The third kappa shape index (κ3) is 3.56. The maximum atomic E-state index is 13.2. The van der Waals surface area contributed by atoms with Crippen LogP contribution in [0, 0.1) is 17.6 Å². The molecule has 6 heteroatoms. The standard InChI is InChI=1S/C15H17F2NO3/c1-2-21-15(20)11-4-3-7-18(9-11)14(19)10-5-6-12(16)13(17)8-10/h5-6,8,11H,2-4,7,9H2,1H3/t11-/m0/s1. The Kier molecular flexibility index (Phi) is 4.88. The molecule has 1 saturated heterocycles. The van der Waals surface area contributed by atoms with E-state index in [1.54, 1.807) is 6.92 Å². The SMILES string of the molecule is CCOC(=O)[C@H]1CCCN(C(=O)c2ccc(F)c(F)c2)C1. The topological polar surface area (TPSA) is 46.6 Å². The van der Waals surface area contributed by atoms with Gasteiger partial charge >= 0.3 is 5.97 Å². The molecule has 4 nitrogen and oxygen atoms in total. The van der Waals surface area contributed by atoms with Crippen LogP contribution in [0.4, 0.5) is 8.78 Å². The van der Waals surface area contributed by atoms with E-state index in [0.29, 0.717) is 26.0 Å². The third-order valence-electron chi connectivity index (χ3n) is 3.50. The Bertz CT molecular complexity index is 548. The van der Waals surface area contributed by atoms with Crippen molar-refractivity contribution in [2.24, 2.45) is 5.92 Å². The van der Waals surface area contributed by atoms with E-state index in [9.17, 15) is 18.4 Å². The second-order valence-electron chi connectivity index (χ2n) is 4.97. The Hall–Kier alpha value is -1.98. The fourth-order valence-corrected chi connectivity index (χ4v) is 2.43. The molecule has 1 atom stereocenters. The molecule has 0 aromatic heterocycles. The van der Waals surface area contributed by atoms with Crippen LogP contribution in [-0.2, 0) is 9.53 Å². The normalized spacial score (nSPS) is 18.4. The molecule has 1 aliphatic heterocycles. The molecule has 0 aliphatic carbocycles. The highest BCUT2D eigenvalue weighted by Crippen LogP contribution is 2.20. The number of esters is 1. The van der Waals surface area contributed by atoms with Crippen LogP contribution < -0.4 is 0 Å². The number of halogens is 2.